The molecule has 1 fully saturated rings. The van der Waals surface area contributed by atoms with Gasteiger partial charge in [-0.25, -0.2) is 0 Å². The molecule has 1 aliphatic carbocycles. The van der Waals surface area contributed by atoms with Crippen molar-refractivity contribution in [2.24, 2.45) is 18.9 Å². The van der Waals surface area contributed by atoms with Gasteiger partial charge in [-0.3, -0.25) is 4.68 Å². The summed E-state index contributed by atoms with van der Waals surface area (Å²) >= 11 is 0. The van der Waals surface area contributed by atoms with Gasteiger partial charge in [-0.1, -0.05) is 26.7 Å². The molecule has 1 aliphatic rings. The maximum atomic E-state index is 4.47. The quantitative estimate of drug-likeness (QED) is 0.850. The SMILES string of the molecule is CCc1nn(C)cc1CNCC1CCCC1C. The zero-order valence-corrected chi connectivity index (χ0v) is 11.4. The van der Waals surface area contributed by atoms with Crippen LogP contribution in [-0.4, -0.2) is 16.3 Å². The third-order valence-corrected chi connectivity index (χ3v) is 4.09. The molecule has 96 valence electrons. The fourth-order valence-electron chi connectivity index (χ4n) is 2.95. The molecule has 0 spiro atoms. The van der Waals surface area contributed by atoms with E-state index in [1.54, 1.807) is 0 Å². The van der Waals surface area contributed by atoms with Gasteiger partial charge in [0.2, 0.25) is 0 Å². The first-order valence-electron chi connectivity index (χ1n) is 6.92. The van der Waals surface area contributed by atoms with E-state index in [2.05, 4.69) is 30.5 Å². The Morgan fingerprint density at radius 3 is 2.94 bits per heavy atom. The average Bonchev–Trinajstić information content (AvgIpc) is 2.86. The highest BCUT2D eigenvalue weighted by Gasteiger charge is 2.22. The van der Waals surface area contributed by atoms with Gasteiger partial charge in [-0.05, 0) is 31.2 Å². The van der Waals surface area contributed by atoms with Crippen molar-refractivity contribution in [1.29, 1.82) is 0 Å². The monoisotopic (exact) mass is 235 g/mol. The first-order valence-corrected chi connectivity index (χ1v) is 6.92. The summed E-state index contributed by atoms with van der Waals surface area (Å²) in [5.41, 5.74) is 2.60. The van der Waals surface area contributed by atoms with Crippen molar-refractivity contribution < 1.29 is 0 Å². The van der Waals surface area contributed by atoms with Gasteiger partial charge in [0.15, 0.2) is 0 Å². The molecule has 17 heavy (non-hydrogen) atoms. The van der Waals surface area contributed by atoms with E-state index < -0.39 is 0 Å². The number of nitrogens with one attached hydrogen (secondary N) is 1. The molecule has 2 atom stereocenters. The predicted octanol–water partition coefficient (Wildman–Crippen LogP) is 2.51. The second-order valence-electron chi connectivity index (χ2n) is 5.43. The van der Waals surface area contributed by atoms with Gasteiger partial charge in [-0.15, -0.1) is 0 Å². The first-order chi connectivity index (χ1) is 8.20. The van der Waals surface area contributed by atoms with E-state index in [1.807, 2.05) is 11.7 Å². The lowest BCUT2D eigenvalue weighted by Gasteiger charge is -2.15. The number of nitrogens with zero attached hydrogens (tertiary/aromatic N) is 2. The number of hydrogen-bond acceptors (Lipinski definition) is 2. The highest BCUT2D eigenvalue weighted by atomic mass is 15.3. The first kappa shape index (κ1) is 12.6. The summed E-state index contributed by atoms with van der Waals surface area (Å²) in [7, 11) is 2.00. The van der Waals surface area contributed by atoms with Crippen LogP contribution < -0.4 is 5.32 Å². The van der Waals surface area contributed by atoms with Crippen LogP contribution in [0, 0.1) is 11.8 Å². The molecule has 3 heteroatoms. The predicted molar refractivity (Wildman–Crippen MR) is 70.8 cm³/mol. The second-order valence-corrected chi connectivity index (χ2v) is 5.43. The average molecular weight is 235 g/mol. The number of aryl methyl sites for hydroxylation is 2. The maximum absolute atomic E-state index is 4.47. The molecule has 0 bridgehead atoms. The summed E-state index contributed by atoms with van der Waals surface area (Å²) in [6, 6.07) is 0. The lowest BCUT2D eigenvalue weighted by molar-refractivity contribution is 0.392. The molecule has 2 rings (SSSR count). The summed E-state index contributed by atoms with van der Waals surface area (Å²) in [6.45, 7) is 6.70. The number of hydrogen-bond donors (Lipinski definition) is 1. The number of rotatable bonds is 5. The minimum Gasteiger partial charge on any atom is -0.312 e. The van der Waals surface area contributed by atoms with Crippen LogP contribution in [0.3, 0.4) is 0 Å². The van der Waals surface area contributed by atoms with Crippen LogP contribution in [0.1, 0.15) is 44.4 Å². The van der Waals surface area contributed by atoms with E-state index in [4.69, 9.17) is 0 Å². The van der Waals surface area contributed by atoms with Gasteiger partial charge in [0, 0.05) is 25.4 Å². The second kappa shape index (κ2) is 5.67. The Labute approximate surface area is 105 Å². The summed E-state index contributed by atoms with van der Waals surface area (Å²) in [6.07, 6.45) is 7.41. The topological polar surface area (TPSA) is 29.9 Å². The smallest absolute Gasteiger partial charge is 0.0666 e. The van der Waals surface area contributed by atoms with Crippen LogP contribution in [0.4, 0.5) is 0 Å². The molecule has 1 aromatic rings. The van der Waals surface area contributed by atoms with Crippen LogP contribution >= 0.6 is 0 Å². The molecule has 1 heterocycles. The lowest BCUT2D eigenvalue weighted by Crippen LogP contribution is -2.24. The van der Waals surface area contributed by atoms with Crippen LogP contribution in [0.2, 0.25) is 0 Å². The maximum Gasteiger partial charge on any atom is 0.0666 e. The Morgan fingerprint density at radius 1 is 1.47 bits per heavy atom. The fraction of sp³-hybridized carbons (Fsp3) is 0.786. The van der Waals surface area contributed by atoms with E-state index in [9.17, 15) is 0 Å². The molecule has 0 aliphatic heterocycles. The molecule has 0 aromatic carbocycles. The molecule has 0 amide bonds. The molecular formula is C14H25N3. The Hall–Kier alpha value is -0.830. The van der Waals surface area contributed by atoms with E-state index in [-0.39, 0.29) is 0 Å². The molecule has 3 nitrogen and oxygen atoms in total. The van der Waals surface area contributed by atoms with Gasteiger partial charge in [0.1, 0.15) is 0 Å². The third kappa shape index (κ3) is 3.09. The van der Waals surface area contributed by atoms with Crippen molar-refractivity contribution in [3.63, 3.8) is 0 Å². The summed E-state index contributed by atoms with van der Waals surface area (Å²) in [5.74, 6) is 1.79. The van der Waals surface area contributed by atoms with Gasteiger partial charge in [-0.2, -0.15) is 5.10 Å². The summed E-state index contributed by atoms with van der Waals surface area (Å²) in [4.78, 5) is 0. The van der Waals surface area contributed by atoms with E-state index >= 15 is 0 Å². The van der Waals surface area contributed by atoms with Crippen molar-refractivity contribution >= 4 is 0 Å². The van der Waals surface area contributed by atoms with E-state index in [0.29, 0.717) is 0 Å². The van der Waals surface area contributed by atoms with Crippen LogP contribution in [0.5, 0.6) is 0 Å². The van der Waals surface area contributed by atoms with Crippen molar-refractivity contribution in [3.05, 3.63) is 17.5 Å². The van der Waals surface area contributed by atoms with Crippen molar-refractivity contribution in [3.8, 4) is 0 Å². The molecule has 1 N–H and O–H groups in total. The Bertz CT molecular complexity index is 356. The fourth-order valence-corrected chi connectivity index (χ4v) is 2.95. The van der Waals surface area contributed by atoms with E-state index in [1.165, 1.54) is 37.1 Å². The summed E-state index contributed by atoms with van der Waals surface area (Å²) in [5, 5.41) is 8.08. The van der Waals surface area contributed by atoms with Gasteiger partial charge >= 0.3 is 0 Å². The Kier molecular flexibility index (Phi) is 4.21. The summed E-state index contributed by atoms with van der Waals surface area (Å²) < 4.78 is 1.92. The highest BCUT2D eigenvalue weighted by molar-refractivity contribution is 5.16. The zero-order chi connectivity index (χ0) is 12.3. The van der Waals surface area contributed by atoms with Crippen molar-refractivity contribution in [1.82, 2.24) is 15.1 Å². The molecule has 0 saturated heterocycles. The van der Waals surface area contributed by atoms with Crippen LogP contribution in [0.15, 0.2) is 6.20 Å². The van der Waals surface area contributed by atoms with Crippen molar-refractivity contribution in [2.45, 2.75) is 46.1 Å². The standard InChI is InChI=1S/C14H25N3/c1-4-14-13(10-17(3)16-14)9-15-8-12-7-5-6-11(12)2/h10-12,15H,4-9H2,1-3H3. The van der Waals surface area contributed by atoms with Crippen molar-refractivity contribution in [2.75, 3.05) is 6.54 Å². The lowest BCUT2D eigenvalue weighted by atomic mass is 9.98. The Balaban J connectivity index is 1.81. The molecular weight excluding hydrogens is 210 g/mol. The Morgan fingerprint density at radius 2 is 2.29 bits per heavy atom. The van der Waals surface area contributed by atoms with Gasteiger partial charge in [0.25, 0.3) is 0 Å². The van der Waals surface area contributed by atoms with Gasteiger partial charge < -0.3 is 5.32 Å². The molecule has 0 radical (unpaired) electrons. The van der Waals surface area contributed by atoms with Crippen LogP contribution in [-0.2, 0) is 20.0 Å². The van der Waals surface area contributed by atoms with Crippen LogP contribution in [0.25, 0.3) is 0 Å². The highest BCUT2D eigenvalue weighted by Crippen LogP contribution is 2.30. The normalized spacial score (nSPS) is 24.4. The van der Waals surface area contributed by atoms with E-state index in [0.717, 1.165) is 24.8 Å². The van der Waals surface area contributed by atoms with Gasteiger partial charge in [0.05, 0.1) is 5.69 Å². The minimum atomic E-state index is 0.886. The third-order valence-electron chi connectivity index (χ3n) is 4.09. The number of aromatic nitrogens is 2. The minimum absolute atomic E-state index is 0.886. The largest absolute Gasteiger partial charge is 0.312 e. The zero-order valence-electron chi connectivity index (χ0n) is 11.4. The molecule has 1 saturated carbocycles. The molecule has 2 unspecified atom stereocenters. The molecule has 1 aromatic heterocycles.